The van der Waals surface area contributed by atoms with Gasteiger partial charge >= 0.3 is 0 Å². The number of guanidine groups is 1. The predicted molar refractivity (Wildman–Crippen MR) is 129 cm³/mol. The largest absolute Gasteiger partial charge is 0.373 e. The molecule has 2 fully saturated rings. The molecule has 1 aromatic heterocycles. The summed E-state index contributed by atoms with van der Waals surface area (Å²) in [4.78, 5) is 15.2. The number of morpholine rings is 1. The minimum absolute atomic E-state index is 0. The molecule has 0 aliphatic carbocycles. The molecule has 2 aliphatic heterocycles. The van der Waals surface area contributed by atoms with Crippen molar-refractivity contribution in [2.24, 2.45) is 4.99 Å². The van der Waals surface area contributed by atoms with Gasteiger partial charge in [-0.2, -0.15) is 0 Å². The Morgan fingerprint density at radius 2 is 2.07 bits per heavy atom. The van der Waals surface area contributed by atoms with Crippen LogP contribution in [0.4, 0.5) is 0 Å². The zero-order valence-electron chi connectivity index (χ0n) is 17.3. The van der Waals surface area contributed by atoms with E-state index < -0.39 is 0 Å². The molecule has 1 N–H and O–H groups in total. The van der Waals surface area contributed by atoms with E-state index in [-0.39, 0.29) is 30.1 Å². The second kappa shape index (κ2) is 10.2. The lowest BCUT2D eigenvalue weighted by atomic mass is 10.1. The molecule has 29 heavy (non-hydrogen) atoms. The highest BCUT2D eigenvalue weighted by atomic mass is 127. The minimum atomic E-state index is 0. The number of nitrogens with one attached hydrogen (secondary N) is 1. The lowest BCUT2D eigenvalue weighted by Gasteiger charge is -2.36. The first-order chi connectivity index (χ1) is 13.6. The molecule has 0 spiro atoms. The predicted octanol–water partition coefficient (Wildman–Crippen LogP) is 3.04. The fourth-order valence-electron chi connectivity index (χ4n) is 4.17. The van der Waals surface area contributed by atoms with Crippen molar-refractivity contribution in [1.82, 2.24) is 20.1 Å². The maximum absolute atomic E-state index is 6.11. The number of thiazole rings is 1. The molecule has 1 aromatic carbocycles. The van der Waals surface area contributed by atoms with E-state index in [0.717, 1.165) is 56.0 Å². The number of hydrogen-bond acceptors (Lipinski definition) is 5. The SMILES string of the molecule is CN=C(NCc1sc(C)nc1C)N1CC2OCCN(Cc3ccccc3)C2C1.I. The van der Waals surface area contributed by atoms with Crippen LogP contribution >= 0.6 is 35.3 Å². The summed E-state index contributed by atoms with van der Waals surface area (Å²) in [5.41, 5.74) is 2.47. The first-order valence-electron chi connectivity index (χ1n) is 9.92. The highest BCUT2D eigenvalue weighted by molar-refractivity contribution is 14.0. The van der Waals surface area contributed by atoms with Gasteiger partial charge in [-0.3, -0.25) is 9.89 Å². The molecule has 0 radical (unpaired) electrons. The molecule has 6 nitrogen and oxygen atoms in total. The van der Waals surface area contributed by atoms with Crippen LogP contribution in [0.2, 0.25) is 0 Å². The number of benzene rings is 1. The van der Waals surface area contributed by atoms with E-state index in [1.165, 1.54) is 10.4 Å². The van der Waals surface area contributed by atoms with Gasteiger partial charge in [-0.25, -0.2) is 4.98 Å². The third kappa shape index (κ3) is 5.28. The van der Waals surface area contributed by atoms with E-state index in [1.54, 1.807) is 11.3 Å². The molecule has 0 bridgehead atoms. The molecule has 2 saturated heterocycles. The quantitative estimate of drug-likeness (QED) is 0.377. The number of hydrogen-bond donors (Lipinski definition) is 1. The third-order valence-electron chi connectivity index (χ3n) is 5.56. The van der Waals surface area contributed by atoms with Crippen molar-refractivity contribution in [2.45, 2.75) is 39.1 Å². The Labute approximate surface area is 194 Å². The van der Waals surface area contributed by atoms with E-state index in [4.69, 9.17) is 4.74 Å². The molecule has 2 atom stereocenters. The first kappa shape index (κ1) is 22.5. The first-order valence-corrected chi connectivity index (χ1v) is 10.7. The van der Waals surface area contributed by atoms with Crippen LogP contribution in [0, 0.1) is 13.8 Å². The molecule has 0 saturated carbocycles. The minimum Gasteiger partial charge on any atom is -0.373 e. The number of ether oxygens (including phenoxy) is 1. The van der Waals surface area contributed by atoms with Crippen molar-refractivity contribution in [1.29, 1.82) is 0 Å². The van der Waals surface area contributed by atoms with E-state index in [1.807, 2.05) is 7.05 Å². The number of likely N-dealkylation sites (tertiary alicyclic amines) is 1. The van der Waals surface area contributed by atoms with Crippen molar-refractivity contribution < 1.29 is 4.74 Å². The second-order valence-electron chi connectivity index (χ2n) is 7.48. The van der Waals surface area contributed by atoms with Crippen LogP contribution in [0.25, 0.3) is 0 Å². The number of aliphatic imine (C=N–C) groups is 1. The van der Waals surface area contributed by atoms with Crippen LogP contribution < -0.4 is 5.32 Å². The van der Waals surface area contributed by atoms with Crippen molar-refractivity contribution >= 4 is 41.3 Å². The standard InChI is InChI=1S/C21H29N5OS.HI/c1-15-20(28-16(2)24-15)11-23-21(22-3)26-13-18-19(14-26)27-10-9-25(18)12-17-7-5-4-6-8-17;/h4-8,18-19H,9-14H2,1-3H3,(H,22,23);1H. The summed E-state index contributed by atoms with van der Waals surface area (Å²) < 4.78 is 6.11. The van der Waals surface area contributed by atoms with Crippen LogP contribution in [0.5, 0.6) is 0 Å². The molecular weight excluding hydrogens is 497 g/mol. The van der Waals surface area contributed by atoms with Crippen LogP contribution in [-0.4, -0.2) is 66.2 Å². The van der Waals surface area contributed by atoms with Gasteiger partial charge in [-0.15, -0.1) is 35.3 Å². The molecular formula is C21H30IN5OS. The summed E-state index contributed by atoms with van der Waals surface area (Å²) in [5.74, 6) is 0.947. The normalized spacial score (nSPS) is 22.3. The summed E-state index contributed by atoms with van der Waals surface area (Å²) in [5, 5.41) is 4.64. The van der Waals surface area contributed by atoms with Gasteiger partial charge in [0.2, 0.25) is 0 Å². The summed E-state index contributed by atoms with van der Waals surface area (Å²) in [6.45, 7) is 9.48. The molecule has 4 rings (SSSR count). The molecule has 0 amide bonds. The Morgan fingerprint density at radius 1 is 1.28 bits per heavy atom. The second-order valence-corrected chi connectivity index (χ2v) is 8.77. The summed E-state index contributed by atoms with van der Waals surface area (Å²) in [6.07, 6.45) is 0.239. The lowest BCUT2D eigenvalue weighted by Crippen LogP contribution is -2.50. The van der Waals surface area contributed by atoms with Crippen LogP contribution in [0.1, 0.15) is 21.1 Å². The van der Waals surface area contributed by atoms with Gasteiger partial charge in [0.05, 0.1) is 36.0 Å². The Balaban J connectivity index is 0.00000240. The average molecular weight is 527 g/mol. The van der Waals surface area contributed by atoms with Crippen LogP contribution in [0.3, 0.4) is 0 Å². The Bertz CT molecular complexity index is 828. The molecule has 2 unspecified atom stereocenters. The van der Waals surface area contributed by atoms with E-state index in [2.05, 4.69) is 69.3 Å². The van der Waals surface area contributed by atoms with Crippen molar-refractivity contribution in [2.75, 3.05) is 33.3 Å². The maximum atomic E-state index is 6.11. The number of fused-ring (bicyclic) bond motifs is 1. The summed E-state index contributed by atoms with van der Waals surface area (Å²) in [6, 6.07) is 11.1. The van der Waals surface area contributed by atoms with Crippen molar-refractivity contribution in [3.63, 3.8) is 0 Å². The fraction of sp³-hybridized carbons (Fsp3) is 0.524. The van der Waals surface area contributed by atoms with Crippen molar-refractivity contribution in [3.05, 3.63) is 51.5 Å². The molecule has 158 valence electrons. The topological polar surface area (TPSA) is 53.0 Å². The van der Waals surface area contributed by atoms with Crippen molar-refractivity contribution in [3.8, 4) is 0 Å². The lowest BCUT2D eigenvalue weighted by molar-refractivity contribution is -0.0502. The van der Waals surface area contributed by atoms with Gasteiger partial charge in [0, 0.05) is 38.1 Å². The fourth-order valence-corrected chi connectivity index (χ4v) is 5.05. The number of aryl methyl sites for hydroxylation is 2. The number of halogens is 1. The van der Waals surface area contributed by atoms with Gasteiger partial charge in [0.15, 0.2) is 5.96 Å². The highest BCUT2D eigenvalue weighted by Crippen LogP contribution is 2.25. The summed E-state index contributed by atoms with van der Waals surface area (Å²) >= 11 is 1.75. The van der Waals surface area contributed by atoms with E-state index in [0.29, 0.717) is 6.04 Å². The Morgan fingerprint density at radius 3 is 2.76 bits per heavy atom. The van der Waals surface area contributed by atoms with Gasteiger partial charge < -0.3 is 15.0 Å². The Kier molecular flexibility index (Phi) is 7.89. The number of aromatic nitrogens is 1. The van der Waals surface area contributed by atoms with Gasteiger partial charge in [0.1, 0.15) is 0 Å². The smallest absolute Gasteiger partial charge is 0.194 e. The van der Waals surface area contributed by atoms with Gasteiger partial charge in [-0.1, -0.05) is 30.3 Å². The van der Waals surface area contributed by atoms with Gasteiger partial charge in [0.25, 0.3) is 0 Å². The summed E-state index contributed by atoms with van der Waals surface area (Å²) in [7, 11) is 1.86. The molecule has 2 aromatic rings. The highest BCUT2D eigenvalue weighted by Gasteiger charge is 2.41. The van der Waals surface area contributed by atoms with E-state index in [9.17, 15) is 0 Å². The average Bonchev–Trinajstić information content (AvgIpc) is 3.26. The monoisotopic (exact) mass is 527 g/mol. The number of nitrogens with zero attached hydrogens (tertiary/aromatic N) is 4. The number of rotatable bonds is 4. The maximum Gasteiger partial charge on any atom is 0.194 e. The van der Waals surface area contributed by atoms with Crippen LogP contribution in [-0.2, 0) is 17.8 Å². The zero-order valence-corrected chi connectivity index (χ0v) is 20.4. The Hall–Kier alpha value is -1.23. The van der Waals surface area contributed by atoms with Gasteiger partial charge in [-0.05, 0) is 19.4 Å². The van der Waals surface area contributed by atoms with E-state index >= 15 is 0 Å². The third-order valence-corrected chi connectivity index (χ3v) is 6.64. The molecule has 2 aliphatic rings. The zero-order chi connectivity index (χ0) is 19.5. The molecule has 8 heteroatoms. The molecule has 3 heterocycles. The van der Waals surface area contributed by atoms with Crippen LogP contribution in [0.15, 0.2) is 35.3 Å².